The van der Waals surface area contributed by atoms with Gasteiger partial charge in [-0.1, -0.05) is 0 Å². The highest BCUT2D eigenvalue weighted by Gasteiger charge is 2.55. The minimum atomic E-state index is -4.44. The maximum absolute atomic E-state index is 13.3. The van der Waals surface area contributed by atoms with E-state index in [4.69, 9.17) is 0 Å². The summed E-state index contributed by atoms with van der Waals surface area (Å²) in [6, 6.07) is 2.15. The van der Waals surface area contributed by atoms with Crippen molar-refractivity contribution in [2.75, 3.05) is 31.1 Å². The Labute approximate surface area is 186 Å². The highest BCUT2D eigenvalue weighted by molar-refractivity contribution is 5.81. The molecule has 6 rings (SSSR count). The summed E-state index contributed by atoms with van der Waals surface area (Å²) in [5, 5.41) is 14.0. The molecule has 1 amide bonds. The van der Waals surface area contributed by atoms with E-state index in [1.54, 1.807) is 4.90 Å². The highest BCUT2D eigenvalue weighted by atomic mass is 19.4. The molecule has 176 valence electrons. The quantitative estimate of drug-likeness (QED) is 0.735. The topological polar surface area (TPSA) is 68.7 Å². The third-order valence-electron chi connectivity index (χ3n) is 8.18. The second-order valence-corrected chi connectivity index (χ2v) is 10.3. The number of nitrogens with one attached hydrogen (secondary N) is 1. The van der Waals surface area contributed by atoms with Crippen LogP contribution in [-0.4, -0.2) is 64.8 Å². The van der Waals surface area contributed by atoms with E-state index < -0.39 is 17.3 Å². The molecule has 1 aliphatic heterocycles. The predicted octanol–water partition coefficient (Wildman–Crippen LogP) is 2.67. The Morgan fingerprint density at radius 3 is 2.44 bits per heavy atom. The Bertz CT molecular complexity index is 855. The maximum Gasteiger partial charge on any atom is 0.419 e. The lowest BCUT2D eigenvalue weighted by molar-refractivity contribution is -0.148. The van der Waals surface area contributed by atoms with Gasteiger partial charge < -0.3 is 15.3 Å². The van der Waals surface area contributed by atoms with Crippen molar-refractivity contribution in [3.8, 4) is 0 Å². The highest BCUT2D eigenvalue weighted by Crippen LogP contribution is 2.55. The fourth-order valence-corrected chi connectivity index (χ4v) is 6.86. The van der Waals surface area contributed by atoms with Crippen LogP contribution in [0.3, 0.4) is 0 Å². The molecule has 0 radical (unpaired) electrons. The monoisotopic (exact) mass is 452 g/mol. The van der Waals surface area contributed by atoms with E-state index in [9.17, 15) is 23.1 Å². The summed E-state index contributed by atoms with van der Waals surface area (Å²) in [6.45, 7) is 3.66. The molecule has 2 N–H and O–H groups in total. The van der Waals surface area contributed by atoms with Crippen LogP contribution in [0.2, 0.25) is 0 Å². The van der Waals surface area contributed by atoms with Crippen molar-refractivity contribution in [3.05, 3.63) is 23.9 Å². The van der Waals surface area contributed by atoms with Crippen LogP contribution in [0.5, 0.6) is 0 Å². The summed E-state index contributed by atoms with van der Waals surface area (Å²) in [7, 11) is 0. The van der Waals surface area contributed by atoms with Crippen LogP contribution in [0.15, 0.2) is 18.3 Å². The number of nitrogens with zero attached hydrogens (tertiary/aromatic N) is 3. The number of pyridine rings is 1. The Morgan fingerprint density at radius 1 is 1.19 bits per heavy atom. The van der Waals surface area contributed by atoms with Crippen molar-refractivity contribution >= 4 is 11.7 Å². The maximum atomic E-state index is 13.3. The number of alkyl halides is 3. The molecule has 6 nitrogen and oxygen atoms in total. The summed E-state index contributed by atoms with van der Waals surface area (Å²) in [5.41, 5.74) is -1.25. The lowest BCUT2D eigenvalue weighted by Crippen LogP contribution is -2.63. The second-order valence-electron chi connectivity index (χ2n) is 10.3. The zero-order valence-corrected chi connectivity index (χ0v) is 18.3. The van der Waals surface area contributed by atoms with Crippen LogP contribution in [0.25, 0.3) is 0 Å². The van der Waals surface area contributed by atoms with Gasteiger partial charge in [0.25, 0.3) is 0 Å². The van der Waals surface area contributed by atoms with Gasteiger partial charge in [0, 0.05) is 38.4 Å². The minimum absolute atomic E-state index is 0.0169. The van der Waals surface area contributed by atoms with Gasteiger partial charge in [-0.3, -0.25) is 9.69 Å². The number of hydrogen-bond donors (Lipinski definition) is 2. The SMILES string of the molecule is C[C@@H](C(=O)NC1C2CC3CC1CC(O)(C3)C2)N1CCN(c2ncccc2C(F)(F)F)CC1. The molecule has 3 atom stereocenters. The van der Waals surface area contributed by atoms with E-state index in [-0.39, 0.29) is 23.8 Å². The average Bonchev–Trinajstić information content (AvgIpc) is 2.74. The summed E-state index contributed by atoms with van der Waals surface area (Å²) in [5.74, 6) is 1.23. The number of hydrogen-bond acceptors (Lipinski definition) is 5. The van der Waals surface area contributed by atoms with E-state index >= 15 is 0 Å². The van der Waals surface area contributed by atoms with Crippen LogP contribution >= 0.6 is 0 Å². The number of aliphatic hydroxyl groups is 1. The first-order valence-corrected chi connectivity index (χ1v) is 11.7. The van der Waals surface area contributed by atoms with E-state index in [0.29, 0.717) is 43.9 Å². The lowest BCUT2D eigenvalue weighted by Gasteiger charge is -2.58. The van der Waals surface area contributed by atoms with Gasteiger partial charge in [-0.25, -0.2) is 4.98 Å². The Morgan fingerprint density at radius 2 is 1.84 bits per heavy atom. The van der Waals surface area contributed by atoms with Gasteiger partial charge in [-0.2, -0.15) is 13.2 Å². The molecule has 4 aliphatic carbocycles. The van der Waals surface area contributed by atoms with Crippen LogP contribution in [0, 0.1) is 17.8 Å². The lowest BCUT2D eigenvalue weighted by atomic mass is 9.52. The van der Waals surface area contributed by atoms with Gasteiger partial charge in [0.05, 0.1) is 17.2 Å². The fourth-order valence-electron chi connectivity index (χ4n) is 6.86. The number of aromatic nitrogens is 1. The number of carbonyl (C=O) groups excluding carboxylic acids is 1. The Balaban J connectivity index is 1.19. The third kappa shape index (κ3) is 3.98. The number of piperazine rings is 1. The molecular weight excluding hydrogens is 421 g/mol. The van der Waals surface area contributed by atoms with Gasteiger partial charge >= 0.3 is 6.18 Å². The van der Waals surface area contributed by atoms with Crippen molar-refractivity contribution in [3.63, 3.8) is 0 Å². The molecule has 1 aromatic heterocycles. The molecule has 1 saturated heterocycles. The first-order valence-electron chi connectivity index (χ1n) is 11.7. The van der Waals surface area contributed by atoms with Crippen molar-refractivity contribution in [1.82, 2.24) is 15.2 Å². The van der Waals surface area contributed by atoms with Gasteiger partial charge in [0.15, 0.2) is 0 Å². The van der Waals surface area contributed by atoms with E-state index in [1.807, 2.05) is 11.8 Å². The van der Waals surface area contributed by atoms with Gasteiger partial charge in [0.2, 0.25) is 5.91 Å². The van der Waals surface area contributed by atoms with E-state index in [2.05, 4.69) is 10.3 Å². The van der Waals surface area contributed by atoms with Gasteiger partial charge in [-0.05, 0) is 68.9 Å². The molecule has 2 unspecified atom stereocenters. The molecule has 4 bridgehead atoms. The van der Waals surface area contributed by atoms with Crippen molar-refractivity contribution in [1.29, 1.82) is 0 Å². The number of anilines is 1. The van der Waals surface area contributed by atoms with Crippen molar-refractivity contribution in [2.45, 2.75) is 62.9 Å². The molecule has 0 spiro atoms. The molecule has 32 heavy (non-hydrogen) atoms. The molecule has 4 saturated carbocycles. The van der Waals surface area contributed by atoms with Gasteiger partial charge in [0.1, 0.15) is 5.82 Å². The van der Waals surface area contributed by atoms with Crippen molar-refractivity contribution < 1.29 is 23.1 Å². The number of rotatable bonds is 4. The molecule has 9 heteroatoms. The molecule has 1 aromatic rings. The number of amides is 1. The van der Waals surface area contributed by atoms with Crippen LogP contribution in [-0.2, 0) is 11.0 Å². The molecule has 5 aliphatic rings. The van der Waals surface area contributed by atoms with E-state index in [1.165, 1.54) is 12.3 Å². The molecular formula is C23H31F3N4O2. The normalized spacial score (nSPS) is 35.7. The smallest absolute Gasteiger partial charge is 0.390 e. The minimum Gasteiger partial charge on any atom is -0.390 e. The van der Waals surface area contributed by atoms with Gasteiger partial charge in [-0.15, -0.1) is 0 Å². The van der Waals surface area contributed by atoms with Crippen LogP contribution in [0.4, 0.5) is 19.0 Å². The number of halogens is 3. The molecule has 2 heterocycles. The van der Waals surface area contributed by atoms with Crippen LogP contribution < -0.4 is 10.2 Å². The first kappa shape index (κ1) is 21.9. The number of carbonyl (C=O) groups is 1. The largest absolute Gasteiger partial charge is 0.419 e. The standard InChI is InChI=1S/C23H31F3N4O2/c1-14(21(31)28-19-16-9-15-10-17(19)13-22(32,11-15)12-16)29-5-7-30(8-6-29)20-18(23(24,25)26)3-2-4-27-20/h2-4,14-17,19,32H,5-13H2,1H3,(H,28,31)/t14-,15?,16?,17?,19?,22?/m0/s1. The average molecular weight is 453 g/mol. The predicted molar refractivity (Wildman–Crippen MR) is 113 cm³/mol. The third-order valence-corrected chi connectivity index (χ3v) is 8.18. The molecule has 5 fully saturated rings. The Hall–Kier alpha value is -1.87. The van der Waals surface area contributed by atoms with Crippen LogP contribution in [0.1, 0.15) is 44.6 Å². The Kier molecular flexibility index (Phi) is 5.40. The zero-order valence-electron chi connectivity index (χ0n) is 18.3. The summed E-state index contributed by atoms with van der Waals surface area (Å²) >= 11 is 0. The zero-order chi connectivity index (χ0) is 22.7. The summed E-state index contributed by atoms with van der Waals surface area (Å²) in [6.07, 6.45) is 1.58. The molecule has 0 aromatic carbocycles. The first-order chi connectivity index (χ1) is 15.1. The summed E-state index contributed by atoms with van der Waals surface area (Å²) < 4.78 is 40.0. The van der Waals surface area contributed by atoms with E-state index in [0.717, 1.165) is 38.2 Å². The summed E-state index contributed by atoms with van der Waals surface area (Å²) in [4.78, 5) is 20.7. The van der Waals surface area contributed by atoms with Crippen molar-refractivity contribution in [2.24, 2.45) is 17.8 Å². The second kappa shape index (κ2) is 7.87. The fraction of sp³-hybridized carbons (Fsp3) is 0.739.